The summed E-state index contributed by atoms with van der Waals surface area (Å²) >= 11 is 0. The monoisotopic (exact) mass is 271 g/mol. The first kappa shape index (κ1) is 15.8. The molecule has 0 aliphatic carbocycles. The second-order valence-electron chi connectivity index (χ2n) is 5.30. The van der Waals surface area contributed by atoms with Gasteiger partial charge in [0.1, 0.15) is 0 Å². The Morgan fingerprint density at radius 2 is 2.26 bits per heavy atom. The number of carboxylic acids is 1. The number of likely N-dealkylation sites (tertiary alicyclic amines) is 1. The van der Waals surface area contributed by atoms with Gasteiger partial charge in [-0.2, -0.15) is 0 Å². The number of aliphatic carboxylic acids is 1. The van der Waals surface area contributed by atoms with Crippen LogP contribution in [0.4, 0.5) is 4.79 Å². The lowest BCUT2D eigenvalue weighted by Gasteiger charge is -2.35. The molecule has 1 saturated heterocycles. The van der Waals surface area contributed by atoms with Gasteiger partial charge in [0.15, 0.2) is 0 Å². The minimum atomic E-state index is -0.767. The third kappa shape index (κ3) is 5.46. The number of piperidine rings is 1. The van der Waals surface area contributed by atoms with Gasteiger partial charge in [-0.1, -0.05) is 6.92 Å². The summed E-state index contributed by atoms with van der Waals surface area (Å²) in [6, 6.07) is -0.0549. The van der Waals surface area contributed by atoms with Crippen molar-refractivity contribution in [2.45, 2.75) is 32.6 Å². The molecule has 1 aliphatic rings. The van der Waals surface area contributed by atoms with E-state index in [2.05, 4.69) is 5.32 Å². The van der Waals surface area contributed by atoms with Gasteiger partial charge in [0.05, 0.1) is 0 Å². The van der Waals surface area contributed by atoms with Gasteiger partial charge in [-0.15, -0.1) is 0 Å². The van der Waals surface area contributed by atoms with Crippen molar-refractivity contribution in [3.05, 3.63) is 0 Å². The van der Waals surface area contributed by atoms with E-state index in [-0.39, 0.29) is 24.3 Å². The highest BCUT2D eigenvalue weighted by Gasteiger charge is 2.28. The molecule has 0 aromatic rings. The number of nitrogens with zero attached hydrogens (tertiary/aromatic N) is 1. The highest BCUT2D eigenvalue weighted by Crippen LogP contribution is 2.26. The van der Waals surface area contributed by atoms with Crippen LogP contribution < -0.4 is 11.1 Å². The van der Waals surface area contributed by atoms with Gasteiger partial charge in [0.25, 0.3) is 0 Å². The Morgan fingerprint density at radius 1 is 1.53 bits per heavy atom. The van der Waals surface area contributed by atoms with Crippen LogP contribution in [0.5, 0.6) is 0 Å². The van der Waals surface area contributed by atoms with Crippen LogP contribution in [-0.4, -0.2) is 48.2 Å². The molecular weight excluding hydrogens is 246 g/mol. The normalized spacial score (nSPS) is 20.9. The molecule has 1 fully saturated rings. The largest absolute Gasteiger partial charge is 0.481 e. The van der Waals surface area contributed by atoms with Gasteiger partial charge in [-0.25, -0.2) is 4.79 Å². The molecule has 110 valence electrons. The minimum Gasteiger partial charge on any atom is -0.481 e. The summed E-state index contributed by atoms with van der Waals surface area (Å²) in [5, 5.41) is 11.7. The number of carbonyl (C=O) groups is 2. The maximum absolute atomic E-state index is 11.9. The van der Waals surface area contributed by atoms with Crippen molar-refractivity contribution in [3.63, 3.8) is 0 Å². The second kappa shape index (κ2) is 7.99. The van der Waals surface area contributed by atoms with E-state index in [1.54, 1.807) is 4.90 Å². The maximum Gasteiger partial charge on any atom is 0.317 e. The molecule has 2 atom stereocenters. The van der Waals surface area contributed by atoms with Gasteiger partial charge in [0.2, 0.25) is 0 Å². The first-order valence-corrected chi connectivity index (χ1v) is 6.99. The van der Waals surface area contributed by atoms with Crippen molar-refractivity contribution < 1.29 is 14.7 Å². The number of urea groups is 1. The molecule has 2 unspecified atom stereocenters. The third-order valence-electron chi connectivity index (χ3n) is 3.70. The summed E-state index contributed by atoms with van der Waals surface area (Å²) in [6.45, 7) is 4.53. The number of carbonyl (C=O) groups excluding carboxylic acids is 1. The van der Waals surface area contributed by atoms with E-state index in [0.29, 0.717) is 19.6 Å². The molecule has 0 radical (unpaired) electrons. The van der Waals surface area contributed by atoms with Gasteiger partial charge >= 0.3 is 12.0 Å². The molecule has 2 amide bonds. The summed E-state index contributed by atoms with van der Waals surface area (Å²) in [7, 11) is 0. The fourth-order valence-electron chi connectivity index (χ4n) is 2.51. The van der Waals surface area contributed by atoms with E-state index in [9.17, 15) is 9.59 Å². The van der Waals surface area contributed by atoms with Gasteiger partial charge in [-0.3, -0.25) is 4.79 Å². The molecule has 0 aromatic carbocycles. The van der Waals surface area contributed by atoms with E-state index in [4.69, 9.17) is 10.8 Å². The van der Waals surface area contributed by atoms with Crippen LogP contribution in [0.1, 0.15) is 32.6 Å². The number of hydrogen-bond donors (Lipinski definition) is 3. The number of hydrogen-bond acceptors (Lipinski definition) is 3. The van der Waals surface area contributed by atoms with Crippen molar-refractivity contribution in [2.75, 3.05) is 26.2 Å². The first-order valence-electron chi connectivity index (χ1n) is 6.99. The van der Waals surface area contributed by atoms with Crippen molar-refractivity contribution >= 4 is 12.0 Å². The number of rotatable bonds is 6. The minimum absolute atomic E-state index is 0.0549. The first-order chi connectivity index (χ1) is 9.04. The number of carboxylic acid groups (broad SMARTS) is 1. The zero-order chi connectivity index (χ0) is 14.3. The van der Waals surface area contributed by atoms with Crippen molar-refractivity contribution in [1.82, 2.24) is 10.2 Å². The zero-order valence-electron chi connectivity index (χ0n) is 11.6. The zero-order valence-corrected chi connectivity index (χ0v) is 11.6. The standard InChI is InChI=1S/C13H25N3O3/c1-10(8-12(17)18)11-4-2-7-16(9-11)13(19)15-6-3-5-14/h10-11H,2-9,14H2,1H3,(H,15,19)(H,17,18). The van der Waals surface area contributed by atoms with Crippen LogP contribution in [0.25, 0.3) is 0 Å². The Hall–Kier alpha value is -1.30. The van der Waals surface area contributed by atoms with E-state index in [1.807, 2.05) is 6.92 Å². The van der Waals surface area contributed by atoms with Crippen molar-refractivity contribution in [3.8, 4) is 0 Å². The summed E-state index contributed by atoms with van der Waals surface area (Å²) in [4.78, 5) is 24.5. The maximum atomic E-state index is 11.9. The molecule has 6 nitrogen and oxygen atoms in total. The van der Waals surface area contributed by atoms with E-state index in [1.165, 1.54) is 0 Å². The predicted molar refractivity (Wildman–Crippen MR) is 72.8 cm³/mol. The average molecular weight is 271 g/mol. The van der Waals surface area contributed by atoms with Gasteiger partial charge < -0.3 is 21.1 Å². The second-order valence-corrected chi connectivity index (χ2v) is 5.30. The molecule has 1 heterocycles. The lowest BCUT2D eigenvalue weighted by molar-refractivity contribution is -0.138. The van der Waals surface area contributed by atoms with Crippen molar-refractivity contribution in [1.29, 1.82) is 0 Å². The Bertz CT molecular complexity index is 310. The third-order valence-corrected chi connectivity index (χ3v) is 3.70. The Morgan fingerprint density at radius 3 is 2.89 bits per heavy atom. The highest BCUT2D eigenvalue weighted by molar-refractivity contribution is 5.74. The topological polar surface area (TPSA) is 95.7 Å². The molecule has 0 saturated carbocycles. The quantitative estimate of drug-likeness (QED) is 0.624. The molecule has 1 aliphatic heterocycles. The van der Waals surface area contributed by atoms with Crippen LogP contribution in [0, 0.1) is 11.8 Å². The van der Waals surface area contributed by atoms with Crippen LogP contribution in [0.15, 0.2) is 0 Å². The Labute approximate surface area is 114 Å². The number of nitrogens with two attached hydrogens (primary N) is 1. The van der Waals surface area contributed by atoms with Crippen LogP contribution in [0.2, 0.25) is 0 Å². The van der Waals surface area contributed by atoms with Crippen molar-refractivity contribution in [2.24, 2.45) is 17.6 Å². The molecule has 6 heteroatoms. The summed E-state index contributed by atoms with van der Waals surface area (Å²) in [5.74, 6) is -0.376. The Balaban J connectivity index is 2.40. The molecular formula is C13H25N3O3. The molecule has 1 rings (SSSR count). The number of amides is 2. The fourth-order valence-corrected chi connectivity index (χ4v) is 2.51. The SMILES string of the molecule is CC(CC(=O)O)C1CCCN(C(=O)NCCCN)C1. The summed E-state index contributed by atoms with van der Waals surface area (Å²) in [6.07, 6.45) is 2.89. The Kier molecular flexibility index (Phi) is 6.62. The van der Waals surface area contributed by atoms with Crippen LogP contribution >= 0.6 is 0 Å². The molecule has 0 bridgehead atoms. The average Bonchev–Trinajstić information content (AvgIpc) is 2.38. The van der Waals surface area contributed by atoms with Gasteiger partial charge in [0, 0.05) is 26.1 Å². The van der Waals surface area contributed by atoms with E-state index < -0.39 is 5.97 Å². The molecule has 0 aromatic heterocycles. The van der Waals surface area contributed by atoms with E-state index >= 15 is 0 Å². The lowest BCUT2D eigenvalue weighted by atomic mass is 9.85. The molecule has 4 N–H and O–H groups in total. The summed E-state index contributed by atoms with van der Waals surface area (Å²) in [5.41, 5.74) is 5.38. The smallest absolute Gasteiger partial charge is 0.317 e. The fraction of sp³-hybridized carbons (Fsp3) is 0.846. The lowest BCUT2D eigenvalue weighted by Crippen LogP contribution is -2.47. The molecule has 19 heavy (non-hydrogen) atoms. The molecule has 0 spiro atoms. The van der Waals surface area contributed by atoms with Gasteiger partial charge in [-0.05, 0) is 37.6 Å². The predicted octanol–water partition coefficient (Wildman–Crippen LogP) is 0.868. The van der Waals surface area contributed by atoms with Crippen LogP contribution in [0.3, 0.4) is 0 Å². The number of nitrogens with one attached hydrogen (secondary N) is 1. The van der Waals surface area contributed by atoms with Crippen LogP contribution in [-0.2, 0) is 4.79 Å². The summed E-state index contributed by atoms with van der Waals surface area (Å²) < 4.78 is 0. The van der Waals surface area contributed by atoms with E-state index in [0.717, 1.165) is 25.8 Å². The highest BCUT2D eigenvalue weighted by atomic mass is 16.4.